The van der Waals surface area contributed by atoms with Crippen molar-refractivity contribution >= 4 is 11.9 Å². The Kier molecular flexibility index (Phi) is 5.25. The van der Waals surface area contributed by atoms with Gasteiger partial charge in [-0.3, -0.25) is 4.79 Å². The molecule has 16 heavy (non-hydrogen) atoms. The van der Waals surface area contributed by atoms with Crippen molar-refractivity contribution in [1.29, 1.82) is 0 Å². The highest BCUT2D eigenvalue weighted by molar-refractivity contribution is 5.87. The van der Waals surface area contributed by atoms with E-state index in [-0.39, 0.29) is 11.8 Å². The number of nitrogens with zero attached hydrogens (tertiary/aromatic N) is 1. The predicted octanol–water partition coefficient (Wildman–Crippen LogP) is 0.915. The molecule has 1 aliphatic carbocycles. The van der Waals surface area contributed by atoms with E-state index in [1.807, 2.05) is 0 Å². The summed E-state index contributed by atoms with van der Waals surface area (Å²) in [5.74, 6) is 0.143. The normalized spacial score (nSPS) is 20.6. The number of carbonyl (C=O) groups is 2. The van der Waals surface area contributed by atoms with Crippen molar-refractivity contribution in [3.63, 3.8) is 0 Å². The van der Waals surface area contributed by atoms with E-state index in [0.29, 0.717) is 26.0 Å². The summed E-state index contributed by atoms with van der Waals surface area (Å²) in [5, 5.41) is 0. The fraction of sp³-hybridized carbons (Fsp3) is 0.818. The van der Waals surface area contributed by atoms with E-state index in [9.17, 15) is 9.59 Å². The maximum atomic E-state index is 11.6. The summed E-state index contributed by atoms with van der Waals surface area (Å²) in [6.45, 7) is 0.819. The summed E-state index contributed by atoms with van der Waals surface area (Å²) in [7, 11) is 1.62. The molecule has 92 valence electrons. The number of ketones is 1. The number of hydrogen-bond acceptors (Lipinski definition) is 4. The van der Waals surface area contributed by atoms with E-state index >= 15 is 0 Å². The fourth-order valence-corrected chi connectivity index (χ4v) is 1.85. The van der Waals surface area contributed by atoms with Crippen molar-refractivity contribution in [2.24, 2.45) is 5.73 Å². The van der Waals surface area contributed by atoms with Crippen LogP contribution in [-0.2, 0) is 9.53 Å². The number of likely N-dealkylation sites (N-methyl/N-ethyl adjacent to an activating group) is 1. The van der Waals surface area contributed by atoms with E-state index in [4.69, 9.17) is 10.5 Å². The molecule has 0 heterocycles. The van der Waals surface area contributed by atoms with Crippen molar-refractivity contribution in [3.05, 3.63) is 0 Å². The Labute approximate surface area is 95.9 Å². The van der Waals surface area contributed by atoms with Gasteiger partial charge in [0.15, 0.2) is 5.78 Å². The molecule has 0 spiro atoms. The Morgan fingerprint density at radius 2 is 2.31 bits per heavy atom. The van der Waals surface area contributed by atoms with Crippen molar-refractivity contribution in [2.75, 3.05) is 20.2 Å². The van der Waals surface area contributed by atoms with E-state index in [1.165, 1.54) is 4.90 Å². The van der Waals surface area contributed by atoms with Gasteiger partial charge in [0.2, 0.25) is 0 Å². The second kappa shape index (κ2) is 6.48. The Bertz CT molecular complexity index is 256. The molecular formula is C11H20N2O3. The van der Waals surface area contributed by atoms with Crippen molar-refractivity contribution in [2.45, 2.75) is 38.1 Å². The molecule has 0 saturated heterocycles. The molecule has 1 fully saturated rings. The molecule has 1 rings (SSSR count). The number of ether oxygens (including phenoxy) is 1. The molecule has 0 aromatic heterocycles. The zero-order valence-corrected chi connectivity index (χ0v) is 9.78. The number of rotatable bonds is 4. The summed E-state index contributed by atoms with van der Waals surface area (Å²) in [4.78, 5) is 24.6. The Morgan fingerprint density at radius 3 is 2.94 bits per heavy atom. The number of amides is 1. The molecular weight excluding hydrogens is 208 g/mol. The third-order valence-corrected chi connectivity index (χ3v) is 2.85. The molecule has 1 amide bonds. The second-order valence-corrected chi connectivity index (χ2v) is 4.10. The zero-order valence-electron chi connectivity index (χ0n) is 9.78. The molecule has 5 heteroatoms. The van der Waals surface area contributed by atoms with Crippen LogP contribution in [0.4, 0.5) is 4.79 Å². The molecule has 0 aromatic carbocycles. The third kappa shape index (κ3) is 3.48. The van der Waals surface area contributed by atoms with Crippen molar-refractivity contribution < 1.29 is 14.3 Å². The maximum Gasteiger partial charge on any atom is 0.410 e. The second-order valence-electron chi connectivity index (χ2n) is 4.10. The Hall–Kier alpha value is -1.10. The van der Waals surface area contributed by atoms with Gasteiger partial charge in [-0.2, -0.15) is 0 Å². The summed E-state index contributed by atoms with van der Waals surface area (Å²) in [6, 6.07) is -0.292. The van der Waals surface area contributed by atoms with Gasteiger partial charge in [-0.25, -0.2) is 4.79 Å². The van der Waals surface area contributed by atoms with Crippen LogP contribution in [-0.4, -0.2) is 43.0 Å². The first kappa shape index (κ1) is 13.0. The molecule has 0 bridgehead atoms. The third-order valence-electron chi connectivity index (χ3n) is 2.85. The maximum absolute atomic E-state index is 11.6. The highest BCUT2D eigenvalue weighted by Crippen LogP contribution is 2.19. The summed E-state index contributed by atoms with van der Waals surface area (Å²) in [5.41, 5.74) is 5.30. The van der Waals surface area contributed by atoms with Crippen LogP contribution < -0.4 is 5.73 Å². The van der Waals surface area contributed by atoms with E-state index in [0.717, 1.165) is 19.3 Å². The van der Waals surface area contributed by atoms with Gasteiger partial charge in [-0.05, 0) is 25.8 Å². The lowest BCUT2D eigenvalue weighted by atomic mass is 9.93. The van der Waals surface area contributed by atoms with Gasteiger partial charge in [0, 0.05) is 13.5 Å². The van der Waals surface area contributed by atoms with Crippen LogP contribution in [0, 0.1) is 0 Å². The van der Waals surface area contributed by atoms with Crippen molar-refractivity contribution in [1.82, 2.24) is 4.90 Å². The molecule has 0 aromatic rings. The topological polar surface area (TPSA) is 72.6 Å². The van der Waals surface area contributed by atoms with Gasteiger partial charge in [-0.15, -0.1) is 0 Å². The minimum absolute atomic E-state index is 0.143. The SMILES string of the molecule is CN(C(=O)OCCCN)C1CCCCC1=O. The van der Waals surface area contributed by atoms with Gasteiger partial charge in [0.05, 0.1) is 12.6 Å². The smallest absolute Gasteiger partial charge is 0.410 e. The van der Waals surface area contributed by atoms with Crippen LogP contribution in [0.5, 0.6) is 0 Å². The summed E-state index contributed by atoms with van der Waals surface area (Å²) >= 11 is 0. The van der Waals surface area contributed by atoms with E-state index in [2.05, 4.69) is 0 Å². The highest BCUT2D eigenvalue weighted by atomic mass is 16.6. The summed E-state index contributed by atoms with van der Waals surface area (Å²) in [6.07, 6.45) is 3.49. The van der Waals surface area contributed by atoms with Crippen LogP contribution in [0.2, 0.25) is 0 Å². The molecule has 1 saturated carbocycles. The first-order valence-corrected chi connectivity index (χ1v) is 5.79. The van der Waals surface area contributed by atoms with Gasteiger partial charge < -0.3 is 15.4 Å². The molecule has 1 unspecified atom stereocenters. The fourth-order valence-electron chi connectivity index (χ4n) is 1.85. The average molecular weight is 228 g/mol. The molecule has 2 N–H and O–H groups in total. The Morgan fingerprint density at radius 1 is 1.56 bits per heavy atom. The quantitative estimate of drug-likeness (QED) is 0.726. The Balaban J connectivity index is 2.39. The number of hydrogen-bond donors (Lipinski definition) is 1. The molecule has 1 aliphatic rings. The number of carbonyl (C=O) groups excluding carboxylic acids is 2. The minimum atomic E-state index is -0.423. The molecule has 1 atom stereocenters. The molecule has 0 radical (unpaired) electrons. The van der Waals surface area contributed by atoms with Gasteiger partial charge >= 0.3 is 6.09 Å². The molecule has 0 aliphatic heterocycles. The van der Waals surface area contributed by atoms with Gasteiger partial charge in [0.1, 0.15) is 0 Å². The lowest BCUT2D eigenvalue weighted by Crippen LogP contribution is -2.44. The number of Topliss-reactive ketones (excluding diaryl/α,β-unsaturated/α-hetero) is 1. The largest absolute Gasteiger partial charge is 0.449 e. The summed E-state index contributed by atoms with van der Waals surface area (Å²) < 4.78 is 5.00. The van der Waals surface area contributed by atoms with Crippen LogP contribution in [0.1, 0.15) is 32.1 Å². The van der Waals surface area contributed by atoms with Crippen LogP contribution in [0.15, 0.2) is 0 Å². The first-order chi connectivity index (χ1) is 7.66. The lowest BCUT2D eigenvalue weighted by Gasteiger charge is -2.29. The lowest BCUT2D eigenvalue weighted by molar-refractivity contribution is -0.125. The first-order valence-electron chi connectivity index (χ1n) is 5.79. The van der Waals surface area contributed by atoms with Gasteiger partial charge in [0.25, 0.3) is 0 Å². The molecule has 5 nitrogen and oxygen atoms in total. The minimum Gasteiger partial charge on any atom is -0.449 e. The highest BCUT2D eigenvalue weighted by Gasteiger charge is 2.29. The van der Waals surface area contributed by atoms with Gasteiger partial charge in [-0.1, -0.05) is 6.42 Å². The van der Waals surface area contributed by atoms with Crippen molar-refractivity contribution in [3.8, 4) is 0 Å². The zero-order chi connectivity index (χ0) is 12.0. The van der Waals surface area contributed by atoms with Crippen LogP contribution in [0.3, 0.4) is 0 Å². The predicted molar refractivity (Wildman–Crippen MR) is 60.0 cm³/mol. The van der Waals surface area contributed by atoms with Crippen LogP contribution in [0.25, 0.3) is 0 Å². The number of nitrogens with two attached hydrogens (primary N) is 1. The van der Waals surface area contributed by atoms with E-state index < -0.39 is 6.09 Å². The van der Waals surface area contributed by atoms with E-state index in [1.54, 1.807) is 7.05 Å². The standard InChI is InChI=1S/C11H20N2O3/c1-13(11(15)16-8-4-7-12)9-5-2-3-6-10(9)14/h9H,2-8,12H2,1H3. The van der Waals surface area contributed by atoms with Crippen LogP contribution >= 0.6 is 0 Å². The average Bonchev–Trinajstić information content (AvgIpc) is 2.29. The monoisotopic (exact) mass is 228 g/mol.